The van der Waals surface area contributed by atoms with Crippen LogP contribution < -0.4 is 4.74 Å². The smallest absolute Gasteiger partial charge is 0.227 e. The Labute approximate surface area is 197 Å². The molecule has 0 N–H and O–H groups in total. The number of methoxy groups -OCH3 is 1. The molecule has 1 heterocycles. The van der Waals surface area contributed by atoms with E-state index in [-0.39, 0.29) is 11.8 Å². The maximum atomic E-state index is 13.1. The molecule has 2 aromatic carbocycles. The standard InChI is InChI=1S/C27H35N3O3/c1-3-26(31)30-20-17-28(18-21-30)16-19-29(27(32)22-23-10-5-4-6-11-23)15-9-13-24-12-7-8-14-25(24)33-2/h4-14H,3,15-22H2,1-2H3/b13-9+. The summed E-state index contributed by atoms with van der Waals surface area (Å²) in [6, 6.07) is 17.7. The van der Waals surface area contributed by atoms with Gasteiger partial charge in [0, 0.05) is 57.8 Å². The molecule has 0 saturated carbocycles. The molecule has 0 atom stereocenters. The van der Waals surface area contributed by atoms with E-state index in [1.807, 2.05) is 83.5 Å². The molecule has 6 nitrogen and oxygen atoms in total. The average Bonchev–Trinajstić information content (AvgIpc) is 2.86. The van der Waals surface area contributed by atoms with E-state index in [0.717, 1.165) is 49.6 Å². The fourth-order valence-corrected chi connectivity index (χ4v) is 4.02. The molecule has 1 aliphatic heterocycles. The van der Waals surface area contributed by atoms with Crippen molar-refractivity contribution in [2.24, 2.45) is 0 Å². The van der Waals surface area contributed by atoms with Gasteiger partial charge in [0.15, 0.2) is 0 Å². The molecule has 1 saturated heterocycles. The van der Waals surface area contributed by atoms with E-state index in [4.69, 9.17) is 4.74 Å². The number of piperazine rings is 1. The Balaban J connectivity index is 1.61. The predicted molar refractivity (Wildman–Crippen MR) is 132 cm³/mol. The van der Waals surface area contributed by atoms with Crippen LogP contribution in [0.4, 0.5) is 0 Å². The molecule has 3 rings (SSSR count). The molecule has 6 heteroatoms. The van der Waals surface area contributed by atoms with Gasteiger partial charge in [0.25, 0.3) is 0 Å². The zero-order valence-electron chi connectivity index (χ0n) is 19.8. The van der Waals surface area contributed by atoms with Crippen molar-refractivity contribution in [3.63, 3.8) is 0 Å². The molecule has 33 heavy (non-hydrogen) atoms. The highest BCUT2D eigenvalue weighted by Gasteiger charge is 2.21. The lowest BCUT2D eigenvalue weighted by Gasteiger charge is -2.35. The number of nitrogens with zero attached hydrogens (tertiary/aromatic N) is 3. The normalized spacial score (nSPS) is 14.4. The van der Waals surface area contributed by atoms with Gasteiger partial charge in [-0.3, -0.25) is 14.5 Å². The Morgan fingerprint density at radius 1 is 1.00 bits per heavy atom. The zero-order valence-corrected chi connectivity index (χ0v) is 19.8. The average molecular weight is 450 g/mol. The molecule has 1 aliphatic rings. The minimum absolute atomic E-state index is 0.116. The van der Waals surface area contributed by atoms with Crippen molar-refractivity contribution in [1.29, 1.82) is 0 Å². The molecular formula is C27H35N3O3. The molecular weight excluding hydrogens is 414 g/mol. The summed E-state index contributed by atoms with van der Waals surface area (Å²) in [4.78, 5) is 31.2. The van der Waals surface area contributed by atoms with Crippen LogP contribution >= 0.6 is 0 Å². The number of benzene rings is 2. The minimum atomic E-state index is 0.116. The number of carbonyl (C=O) groups is 2. The van der Waals surface area contributed by atoms with Crippen molar-refractivity contribution in [3.8, 4) is 5.75 Å². The first-order chi connectivity index (χ1) is 16.1. The Morgan fingerprint density at radius 3 is 2.39 bits per heavy atom. The number of hydrogen-bond donors (Lipinski definition) is 0. The minimum Gasteiger partial charge on any atom is -0.496 e. The van der Waals surface area contributed by atoms with E-state index in [9.17, 15) is 9.59 Å². The van der Waals surface area contributed by atoms with E-state index in [0.29, 0.717) is 25.9 Å². The lowest BCUT2D eigenvalue weighted by atomic mass is 10.1. The van der Waals surface area contributed by atoms with Gasteiger partial charge in [-0.2, -0.15) is 0 Å². The second-order valence-electron chi connectivity index (χ2n) is 8.22. The number of amides is 2. The van der Waals surface area contributed by atoms with Gasteiger partial charge in [-0.05, 0) is 11.6 Å². The van der Waals surface area contributed by atoms with Crippen molar-refractivity contribution in [2.75, 3.05) is 52.9 Å². The fraction of sp³-hybridized carbons (Fsp3) is 0.407. The number of ether oxygens (including phenoxy) is 1. The van der Waals surface area contributed by atoms with Gasteiger partial charge in [-0.1, -0.05) is 67.6 Å². The van der Waals surface area contributed by atoms with E-state index >= 15 is 0 Å². The van der Waals surface area contributed by atoms with Crippen molar-refractivity contribution in [1.82, 2.24) is 14.7 Å². The summed E-state index contributed by atoms with van der Waals surface area (Å²) in [5.74, 6) is 1.15. The Kier molecular flexibility index (Phi) is 9.51. The quantitative estimate of drug-likeness (QED) is 0.558. The summed E-state index contributed by atoms with van der Waals surface area (Å²) in [5.41, 5.74) is 2.01. The lowest BCUT2D eigenvalue weighted by Crippen LogP contribution is -2.50. The molecule has 0 aromatic heterocycles. The van der Waals surface area contributed by atoms with Crippen LogP contribution in [0.5, 0.6) is 5.75 Å². The van der Waals surface area contributed by atoms with Crippen LogP contribution in [0.15, 0.2) is 60.7 Å². The summed E-state index contributed by atoms with van der Waals surface area (Å²) in [6.45, 7) is 7.13. The highest BCUT2D eigenvalue weighted by molar-refractivity contribution is 5.79. The molecule has 2 aromatic rings. The number of hydrogen-bond acceptors (Lipinski definition) is 4. The molecule has 0 radical (unpaired) electrons. The number of rotatable bonds is 10. The topological polar surface area (TPSA) is 53.1 Å². The van der Waals surface area contributed by atoms with Crippen molar-refractivity contribution in [2.45, 2.75) is 19.8 Å². The summed E-state index contributed by atoms with van der Waals surface area (Å²) >= 11 is 0. The molecule has 2 amide bonds. The monoisotopic (exact) mass is 449 g/mol. The van der Waals surface area contributed by atoms with Crippen LogP contribution in [-0.2, 0) is 16.0 Å². The largest absolute Gasteiger partial charge is 0.496 e. The van der Waals surface area contributed by atoms with Crippen LogP contribution in [0, 0.1) is 0 Å². The highest BCUT2D eigenvalue weighted by atomic mass is 16.5. The van der Waals surface area contributed by atoms with Crippen molar-refractivity contribution >= 4 is 17.9 Å². The molecule has 0 aliphatic carbocycles. The van der Waals surface area contributed by atoms with Crippen LogP contribution in [-0.4, -0.2) is 79.4 Å². The van der Waals surface area contributed by atoms with Gasteiger partial charge < -0.3 is 14.5 Å². The maximum absolute atomic E-state index is 13.1. The van der Waals surface area contributed by atoms with Crippen LogP contribution in [0.1, 0.15) is 24.5 Å². The van der Waals surface area contributed by atoms with E-state index < -0.39 is 0 Å². The second-order valence-corrected chi connectivity index (χ2v) is 8.22. The van der Waals surface area contributed by atoms with Gasteiger partial charge in [0.05, 0.1) is 13.5 Å². The zero-order chi connectivity index (χ0) is 23.5. The second kappa shape index (κ2) is 12.8. The summed E-state index contributed by atoms with van der Waals surface area (Å²) < 4.78 is 5.42. The van der Waals surface area contributed by atoms with Gasteiger partial charge in [0.2, 0.25) is 11.8 Å². The molecule has 0 spiro atoms. The van der Waals surface area contributed by atoms with Crippen LogP contribution in [0.2, 0.25) is 0 Å². The molecule has 176 valence electrons. The molecule has 0 bridgehead atoms. The van der Waals surface area contributed by atoms with Gasteiger partial charge in [0.1, 0.15) is 5.75 Å². The molecule has 1 fully saturated rings. The van der Waals surface area contributed by atoms with Gasteiger partial charge >= 0.3 is 0 Å². The predicted octanol–water partition coefficient (Wildman–Crippen LogP) is 3.33. The Morgan fingerprint density at radius 2 is 1.70 bits per heavy atom. The third kappa shape index (κ3) is 7.46. The Hall–Kier alpha value is -3.12. The lowest BCUT2D eigenvalue weighted by molar-refractivity contribution is -0.132. The summed E-state index contributed by atoms with van der Waals surface area (Å²) in [7, 11) is 1.66. The maximum Gasteiger partial charge on any atom is 0.227 e. The third-order valence-electron chi connectivity index (χ3n) is 6.03. The first kappa shape index (κ1) is 24.5. The summed E-state index contributed by atoms with van der Waals surface area (Å²) in [5, 5.41) is 0. The van der Waals surface area contributed by atoms with E-state index in [1.165, 1.54) is 0 Å². The number of carbonyl (C=O) groups excluding carboxylic acids is 2. The Bertz CT molecular complexity index is 921. The van der Waals surface area contributed by atoms with Gasteiger partial charge in [-0.15, -0.1) is 0 Å². The van der Waals surface area contributed by atoms with E-state index in [1.54, 1.807) is 7.11 Å². The van der Waals surface area contributed by atoms with Gasteiger partial charge in [-0.25, -0.2) is 0 Å². The first-order valence-corrected chi connectivity index (χ1v) is 11.7. The third-order valence-corrected chi connectivity index (χ3v) is 6.03. The first-order valence-electron chi connectivity index (χ1n) is 11.7. The molecule has 0 unspecified atom stereocenters. The number of para-hydroxylation sites is 1. The van der Waals surface area contributed by atoms with Crippen LogP contribution in [0.3, 0.4) is 0 Å². The highest BCUT2D eigenvalue weighted by Crippen LogP contribution is 2.18. The van der Waals surface area contributed by atoms with Crippen LogP contribution in [0.25, 0.3) is 6.08 Å². The summed E-state index contributed by atoms with van der Waals surface area (Å²) in [6.07, 6.45) is 4.98. The SMILES string of the molecule is CCC(=O)N1CCN(CCN(C/C=C/c2ccccc2OC)C(=O)Cc2ccccc2)CC1. The fourth-order valence-electron chi connectivity index (χ4n) is 4.02. The van der Waals surface area contributed by atoms with Crippen molar-refractivity contribution < 1.29 is 14.3 Å². The van der Waals surface area contributed by atoms with E-state index in [2.05, 4.69) is 4.90 Å². The van der Waals surface area contributed by atoms with Crippen molar-refractivity contribution in [3.05, 3.63) is 71.8 Å².